The monoisotopic (exact) mass is 338 g/mol. The Morgan fingerprint density at radius 1 is 1.33 bits per heavy atom. The summed E-state index contributed by atoms with van der Waals surface area (Å²) in [5.41, 5.74) is 6.33. The van der Waals surface area contributed by atoms with Crippen LogP contribution in [-0.4, -0.2) is 53.6 Å². The Morgan fingerprint density at radius 3 is 2.52 bits per heavy atom. The van der Waals surface area contributed by atoms with Crippen molar-refractivity contribution in [1.29, 1.82) is 0 Å². The van der Waals surface area contributed by atoms with Crippen molar-refractivity contribution in [1.82, 2.24) is 15.0 Å². The predicted molar refractivity (Wildman–Crippen MR) is 85.9 cm³/mol. The normalized spacial score (nSPS) is 15.2. The molecule has 2 rings (SSSR count). The molecule has 1 fully saturated rings. The molecule has 1 aromatic heterocycles. The van der Waals surface area contributed by atoms with Crippen LogP contribution in [-0.2, 0) is 11.3 Å². The molecule has 2 N–H and O–H groups in total. The van der Waals surface area contributed by atoms with Gasteiger partial charge in [0.15, 0.2) is 5.76 Å². The Bertz CT molecular complexity index is 420. The molecular weight excluding hydrogens is 315 g/mol. The first-order chi connectivity index (χ1) is 9.19. The first-order valence-electron chi connectivity index (χ1n) is 6.81. The van der Waals surface area contributed by atoms with Crippen LogP contribution in [0, 0.1) is 6.92 Å². The largest absolute Gasteiger partial charge is 0.360 e. The van der Waals surface area contributed by atoms with E-state index in [2.05, 4.69) is 10.1 Å². The van der Waals surface area contributed by atoms with Crippen molar-refractivity contribution in [3.8, 4) is 0 Å². The van der Waals surface area contributed by atoms with Gasteiger partial charge in [0.05, 0.1) is 12.2 Å². The maximum Gasteiger partial charge on any atom is 0.222 e. The Kier molecular flexibility index (Phi) is 9.61. The summed E-state index contributed by atoms with van der Waals surface area (Å²) in [5.74, 6) is 1.11. The van der Waals surface area contributed by atoms with Crippen molar-refractivity contribution in [2.24, 2.45) is 5.73 Å². The van der Waals surface area contributed by atoms with Gasteiger partial charge in [-0.1, -0.05) is 5.16 Å². The van der Waals surface area contributed by atoms with Gasteiger partial charge >= 0.3 is 0 Å². The third-order valence-electron chi connectivity index (χ3n) is 3.38. The fourth-order valence-corrected chi connectivity index (χ4v) is 2.28. The number of rotatable bonds is 5. The number of amides is 1. The van der Waals surface area contributed by atoms with Crippen LogP contribution < -0.4 is 5.73 Å². The summed E-state index contributed by atoms with van der Waals surface area (Å²) < 4.78 is 5.21. The van der Waals surface area contributed by atoms with Gasteiger partial charge in [0.1, 0.15) is 0 Å². The zero-order valence-corrected chi connectivity index (χ0v) is 13.9. The molecule has 1 amide bonds. The second kappa shape index (κ2) is 10.00. The van der Waals surface area contributed by atoms with Crippen molar-refractivity contribution >= 4 is 30.7 Å². The molecule has 0 aromatic carbocycles. The minimum atomic E-state index is 0. The first-order valence-corrected chi connectivity index (χ1v) is 6.81. The lowest BCUT2D eigenvalue weighted by Gasteiger charge is -2.34. The van der Waals surface area contributed by atoms with Gasteiger partial charge in [0.25, 0.3) is 0 Å². The van der Waals surface area contributed by atoms with Gasteiger partial charge in [0, 0.05) is 38.7 Å². The average Bonchev–Trinajstić information content (AvgIpc) is 2.82. The number of nitrogens with two attached hydrogens (primary N) is 1. The number of aromatic nitrogens is 1. The average molecular weight is 339 g/mol. The van der Waals surface area contributed by atoms with Crippen LogP contribution in [0.25, 0.3) is 0 Å². The third-order valence-corrected chi connectivity index (χ3v) is 3.38. The molecule has 0 unspecified atom stereocenters. The predicted octanol–water partition coefficient (Wildman–Crippen LogP) is 1.21. The van der Waals surface area contributed by atoms with Gasteiger partial charge in [-0.3, -0.25) is 9.69 Å². The molecule has 1 aliphatic heterocycles. The molecule has 0 radical (unpaired) electrons. The van der Waals surface area contributed by atoms with E-state index in [1.54, 1.807) is 0 Å². The van der Waals surface area contributed by atoms with E-state index in [1.807, 2.05) is 17.9 Å². The van der Waals surface area contributed by atoms with Gasteiger partial charge in [-0.25, -0.2) is 0 Å². The summed E-state index contributed by atoms with van der Waals surface area (Å²) in [6, 6.07) is 1.96. The highest BCUT2D eigenvalue weighted by atomic mass is 35.5. The summed E-state index contributed by atoms with van der Waals surface area (Å²) in [6.45, 7) is 6.61. The maximum atomic E-state index is 11.8. The summed E-state index contributed by atoms with van der Waals surface area (Å²) in [5, 5.41) is 3.88. The highest BCUT2D eigenvalue weighted by molar-refractivity contribution is 5.85. The van der Waals surface area contributed by atoms with Crippen molar-refractivity contribution in [3.05, 3.63) is 17.5 Å². The van der Waals surface area contributed by atoms with Crippen LogP contribution in [0.5, 0.6) is 0 Å². The highest BCUT2D eigenvalue weighted by Crippen LogP contribution is 2.10. The van der Waals surface area contributed by atoms with Crippen molar-refractivity contribution in [2.75, 3.05) is 32.7 Å². The second-order valence-electron chi connectivity index (χ2n) is 4.98. The molecule has 0 spiro atoms. The number of carbonyl (C=O) groups excluding carboxylic acids is 1. The molecule has 1 saturated heterocycles. The van der Waals surface area contributed by atoms with Gasteiger partial charge in [-0.15, -0.1) is 24.8 Å². The standard InChI is InChI=1S/C13H22N4O2.2ClH/c1-11-9-12(19-15-11)10-16-5-7-17(8-6-16)13(18)3-2-4-14;;/h9H,2-8,10,14H2,1H3;2*1H. The van der Waals surface area contributed by atoms with E-state index in [1.165, 1.54) is 0 Å². The van der Waals surface area contributed by atoms with E-state index in [0.717, 1.165) is 50.6 Å². The molecule has 1 aliphatic rings. The zero-order valence-electron chi connectivity index (χ0n) is 12.3. The zero-order chi connectivity index (χ0) is 13.7. The van der Waals surface area contributed by atoms with E-state index < -0.39 is 0 Å². The number of hydrogen-bond donors (Lipinski definition) is 1. The molecule has 0 aliphatic carbocycles. The summed E-state index contributed by atoms with van der Waals surface area (Å²) in [7, 11) is 0. The van der Waals surface area contributed by atoms with Gasteiger partial charge in [0.2, 0.25) is 5.91 Å². The first kappa shape index (κ1) is 20.2. The fourth-order valence-electron chi connectivity index (χ4n) is 2.28. The minimum Gasteiger partial charge on any atom is -0.360 e. The van der Waals surface area contributed by atoms with Crippen LogP contribution in [0.3, 0.4) is 0 Å². The van der Waals surface area contributed by atoms with Crippen molar-refractivity contribution in [3.63, 3.8) is 0 Å². The van der Waals surface area contributed by atoms with E-state index in [9.17, 15) is 4.79 Å². The summed E-state index contributed by atoms with van der Waals surface area (Å²) >= 11 is 0. The Labute approximate surface area is 137 Å². The lowest BCUT2D eigenvalue weighted by Crippen LogP contribution is -2.48. The van der Waals surface area contributed by atoms with Crippen LogP contribution in [0.2, 0.25) is 0 Å². The molecule has 8 heteroatoms. The molecule has 0 atom stereocenters. The molecule has 0 saturated carbocycles. The number of aryl methyl sites for hydroxylation is 1. The molecule has 1 aromatic rings. The van der Waals surface area contributed by atoms with Crippen LogP contribution >= 0.6 is 24.8 Å². The van der Waals surface area contributed by atoms with E-state index in [4.69, 9.17) is 10.3 Å². The van der Waals surface area contributed by atoms with E-state index >= 15 is 0 Å². The lowest BCUT2D eigenvalue weighted by molar-refractivity contribution is -0.133. The van der Waals surface area contributed by atoms with Gasteiger partial charge in [-0.2, -0.15) is 0 Å². The molecule has 6 nitrogen and oxygen atoms in total. The Balaban J connectivity index is 0.00000200. The minimum absolute atomic E-state index is 0. The smallest absolute Gasteiger partial charge is 0.222 e. The van der Waals surface area contributed by atoms with Gasteiger partial charge in [-0.05, 0) is 19.9 Å². The molecular formula is C13H24Cl2N4O2. The number of hydrogen-bond acceptors (Lipinski definition) is 5. The van der Waals surface area contributed by atoms with E-state index in [0.29, 0.717) is 13.0 Å². The summed E-state index contributed by atoms with van der Waals surface area (Å²) in [6.07, 6.45) is 1.34. The quantitative estimate of drug-likeness (QED) is 0.873. The van der Waals surface area contributed by atoms with Crippen LogP contribution in [0.1, 0.15) is 24.3 Å². The number of carbonyl (C=O) groups is 1. The third kappa shape index (κ3) is 6.22. The number of nitrogens with zero attached hydrogens (tertiary/aromatic N) is 3. The van der Waals surface area contributed by atoms with Gasteiger partial charge < -0.3 is 15.2 Å². The molecule has 2 heterocycles. The Hall–Kier alpha value is -0.820. The SMILES string of the molecule is Cc1cc(CN2CCN(C(=O)CCCN)CC2)on1.Cl.Cl. The van der Waals surface area contributed by atoms with Crippen LogP contribution in [0.15, 0.2) is 10.6 Å². The molecule has 0 bridgehead atoms. The fraction of sp³-hybridized carbons (Fsp3) is 0.692. The highest BCUT2D eigenvalue weighted by Gasteiger charge is 2.21. The molecule has 21 heavy (non-hydrogen) atoms. The number of piperazine rings is 1. The van der Waals surface area contributed by atoms with Crippen LogP contribution in [0.4, 0.5) is 0 Å². The number of halogens is 2. The van der Waals surface area contributed by atoms with Crippen molar-refractivity contribution < 1.29 is 9.32 Å². The topological polar surface area (TPSA) is 75.6 Å². The summed E-state index contributed by atoms with van der Waals surface area (Å²) in [4.78, 5) is 16.1. The molecule has 122 valence electrons. The van der Waals surface area contributed by atoms with E-state index in [-0.39, 0.29) is 30.7 Å². The van der Waals surface area contributed by atoms with Crippen molar-refractivity contribution in [2.45, 2.75) is 26.3 Å². The second-order valence-corrected chi connectivity index (χ2v) is 4.98. The maximum absolute atomic E-state index is 11.8. The Morgan fingerprint density at radius 2 is 2.00 bits per heavy atom. The lowest BCUT2D eigenvalue weighted by atomic mass is 10.2.